The minimum atomic E-state index is -0.877. The maximum Gasteiger partial charge on any atom is 0.161 e. The highest BCUT2D eigenvalue weighted by atomic mass is 16.5. The molecule has 5 heteroatoms. The molecular formula is C15H21NO4. The van der Waals surface area contributed by atoms with Crippen molar-refractivity contribution in [2.24, 2.45) is 0 Å². The fourth-order valence-electron chi connectivity index (χ4n) is 1.91. The van der Waals surface area contributed by atoms with Gasteiger partial charge in [0.2, 0.25) is 0 Å². The molecule has 0 aliphatic heterocycles. The zero-order valence-electron chi connectivity index (χ0n) is 12.1. The first-order valence-electron chi connectivity index (χ1n) is 6.64. The minimum Gasteiger partial charge on any atom is -0.490 e. The number of benzene rings is 1. The Labute approximate surface area is 119 Å². The Morgan fingerprint density at radius 1 is 1.20 bits per heavy atom. The van der Waals surface area contributed by atoms with Crippen LogP contribution in [-0.2, 0) is 4.74 Å². The quantitative estimate of drug-likeness (QED) is 0.789. The number of rotatable bonds is 8. The van der Waals surface area contributed by atoms with Gasteiger partial charge < -0.3 is 19.3 Å². The van der Waals surface area contributed by atoms with Gasteiger partial charge in [-0.25, -0.2) is 0 Å². The van der Waals surface area contributed by atoms with E-state index in [-0.39, 0.29) is 6.61 Å². The molecule has 0 saturated carbocycles. The molecule has 0 saturated heterocycles. The van der Waals surface area contributed by atoms with Gasteiger partial charge in [-0.2, -0.15) is 5.26 Å². The normalized spacial score (nSPS) is 13.3. The van der Waals surface area contributed by atoms with E-state index in [1.54, 1.807) is 18.2 Å². The van der Waals surface area contributed by atoms with E-state index in [2.05, 4.69) is 6.07 Å². The maximum absolute atomic E-state index is 9.94. The summed E-state index contributed by atoms with van der Waals surface area (Å²) in [5, 5.41) is 19.2. The van der Waals surface area contributed by atoms with Gasteiger partial charge in [-0.1, -0.05) is 6.07 Å². The van der Waals surface area contributed by atoms with Crippen molar-refractivity contribution in [3.05, 3.63) is 23.8 Å². The first-order chi connectivity index (χ1) is 9.67. The summed E-state index contributed by atoms with van der Waals surface area (Å²) in [6.45, 7) is 4.91. The number of ether oxygens (including phenoxy) is 3. The fourth-order valence-corrected chi connectivity index (χ4v) is 1.91. The molecule has 5 nitrogen and oxygen atoms in total. The van der Waals surface area contributed by atoms with E-state index in [4.69, 9.17) is 14.2 Å². The molecule has 2 unspecified atom stereocenters. The Morgan fingerprint density at radius 2 is 1.85 bits per heavy atom. The Balaban J connectivity index is 3.05. The number of hydrogen-bond donors (Lipinski definition) is 1. The van der Waals surface area contributed by atoms with E-state index in [1.165, 1.54) is 7.11 Å². The molecule has 1 N–H and O–H groups in total. The van der Waals surface area contributed by atoms with Crippen LogP contribution in [0.1, 0.15) is 25.3 Å². The predicted molar refractivity (Wildman–Crippen MR) is 75.0 cm³/mol. The zero-order valence-corrected chi connectivity index (χ0v) is 12.1. The number of nitrogens with zero attached hydrogens (tertiary/aromatic N) is 1. The van der Waals surface area contributed by atoms with Crippen molar-refractivity contribution in [3.8, 4) is 17.6 Å². The lowest BCUT2D eigenvalue weighted by Gasteiger charge is -2.18. The molecule has 20 heavy (non-hydrogen) atoms. The molecule has 0 spiro atoms. The molecule has 1 aromatic carbocycles. The smallest absolute Gasteiger partial charge is 0.161 e. The molecule has 0 fully saturated rings. The third-order valence-electron chi connectivity index (χ3n) is 2.79. The van der Waals surface area contributed by atoms with Crippen LogP contribution in [-0.4, -0.2) is 38.1 Å². The van der Waals surface area contributed by atoms with Crippen molar-refractivity contribution < 1.29 is 19.3 Å². The second-order valence-corrected chi connectivity index (χ2v) is 4.20. The number of methoxy groups -OCH3 is 1. The summed E-state index contributed by atoms with van der Waals surface area (Å²) in [7, 11) is 1.49. The van der Waals surface area contributed by atoms with Gasteiger partial charge in [0.05, 0.1) is 37.9 Å². The summed E-state index contributed by atoms with van der Waals surface area (Å²) in [5.41, 5.74) is 0.684. The third kappa shape index (κ3) is 4.12. The molecule has 0 aliphatic rings. The lowest BCUT2D eigenvalue weighted by atomic mass is 9.95. The highest BCUT2D eigenvalue weighted by Gasteiger charge is 2.22. The Hall–Kier alpha value is -1.77. The summed E-state index contributed by atoms with van der Waals surface area (Å²) in [6, 6.07) is 7.36. The maximum atomic E-state index is 9.94. The molecule has 0 radical (unpaired) electrons. The van der Waals surface area contributed by atoms with E-state index < -0.39 is 12.0 Å². The van der Waals surface area contributed by atoms with E-state index >= 15 is 0 Å². The number of nitriles is 1. The average Bonchev–Trinajstić information content (AvgIpc) is 2.43. The molecule has 1 rings (SSSR count). The lowest BCUT2D eigenvalue weighted by molar-refractivity contribution is 0.0571. The molecule has 110 valence electrons. The number of hydrogen-bond acceptors (Lipinski definition) is 5. The van der Waals surface area contributed by atoms with Crippen molar-refractivity contribution in [3.63, 3.8) is 0 Å². The van der Waals surface area contributed by atoms with Crippen LogP contribution in [0.5, 0.6) is 11.5 Å². The van der Waals surface area contributed by atoms with Gasteiger partial charge >= 0.3 is 0 Å². The molecule has 0 amide bonds. The molecule has 0 heterocycles. The third-order valence-corrected chi connectivity index (χ3v) is 2.79. The highest BCUT2D eigenvalue weighted by Crippen LogP contribution is 2.32. The molecule has 0 aromatic heterocycles. The largest absolute Gasteiger partial charge is 0.490 e. The molecule has 2 atom stereocenters. The van der Waals surface area contributed by atoms with Crippen molar-refractivity contribution >= 4 is 0 Å². The SMILES string of the molecule is CCOc1ccc(C(C#N)C(O)COC)cc1OCC. The standard InChI is InChI=1S/C15H21NO4/c1-4-19-14-7-6-11(8-15(14)20-5-2)12(9-16)13(17)10-18-3/h6-8,12-13,17H,4-5,10H2,1-3H3. The van der Waals surface area contributed by atoms with Gasteiger partial charge in [-0.15, -0.1) is 0 Å². The Bertz CT molecular complexity index is 456. The zero-order chi connectivity index (χ0) is 15.0. The van der Waals surface area contributed by atoms with Gasteiger partial charge in [0, 0.05) is 7.11 Å². The monoisotopic (exact) mass is 279 g/mol. The number of aliphatic hydroxyl groups excluding tert-OH is 1. The topological polar surface area (TPSA) is 71.7 Å². The van der Waals surface area contributed by atoms with E-state index in [0.717, 1.165) is 0 Å². The Morgan fingerprint density at radius 3 is 2.40 bits per heavy atom. The second kappa shape index (κ2) is 8.41. The predicted octanol–water partition coefficient (Wildman–Crippen LogP) is 2.10. The Kier molecular flexibility index (Phi) is 6.85. The summed E-state index contributed by atoms with van der Waals surface area (Å²) < 4.78 is 15.9. The molecular weight excluding hydrogens is 258 g/mol. The summed E-state index contributed by atoms with van der Waals surface area (Å²) in [6.07, 6.45) is -0.877. The molecule has 1 aromatic rings. The van der Waals surface area contributed by atoms with Gasteiger partial charge in [-0.05, 0) is 31.5 Å². The summed E-state index contributed by atoms with van der Waals surface area (Å²) in [4.78, 5) is 0. The van der Waals surface area contributed by atoms with Crippen LogP contribution < -0.4 is 9.47 Å². The fraction of sp³-hybridized carbons (Fsp3) is 0.533. The van der Waals surface area contributed by atoms with Crippen molar-refractivity contribution in [1.29, 1.82) is 5.26 Å². The van der Waals surface area contributed by atoms with E-state index in [1.807, 2.05) is 13.8 Å². The first kappa shape index (κ1) is 16.3. The van der Waals surface area contributed by atoms with Crippen LogP contribution in [0.15, 0.2) is 18.2 Å². The van der Waals surface area contributed by atoms with Crippen LogP contribution in [0, 0.1) is 11.3 Å². The first-order valence-corrected chi connectivity index (χ1v) is 6.64. The van der Waals surface area contributed by atoms with Gasteiger partial charge in [0.1, 0.15) is 0 Å². The van der Waals surface area contributed by atoms with Crippen LogP contribution in [0.4, 0.5) is 0 Å². The van der Waals surface area contributed by atoms with Gasteiger partial charge in [-0.3, -0.25) is 0 Å². The van der Waals surface area contributed by atoms with E-state index in [9.17, 15) is 10.4 Å². The number of aliphatic hydroxyl groups is 1. The second-order valence-electron chi connectivity index (χ2n) is 4.20. The molecule has 0 bridgehead atoms. The average molecular weight is 279 g/mol. The van der Waals surface area contributed by atoms with Crippen LogP contribution >= 0.6 is 0 Å². The summed E-state index contributed by atoms with van der Waals surface area (Å²) in [5.74, 6) is 0.553. The van der Waals surface area contributed by atoms with Crippen molar-refractivity contribution in [2.45, 2.75) is 25.9 Å². The van der Waals surface area contributed by atoms with Crippen LogP contribution in [0.25, 0.3) is 0 Å². The van der Waals surface area contributed by atoms with E-state index in [0.29, 0.717) is 30.3 Å². The van der Waals surface area contributed by atoms with Crippen LogP contribution in [0.3, 0.4) is 0 Å². The summed E-state index contributed by atoms with van der Waals surface area (Å²) >= 11 is 0. The van der Waals surface area contributed by atoms with Gasteiger partial charge in [0.15, 0.2) is 11.5 Å². The molecule has 0 aliphatic carbocycles. The van der Waals surface area contributed by atoms with Crippen LogP contribution in [0.2, 0.25) is 0 Å². The lowest BCUT2D eigenvalue weighted by Crippen LogP contribution is -2.22. The highest BCUT2D eigenvalue weighted by molar-refractivity contribution is 5.45. The van der Waals surface area contributed by atoms with Crippen molar-refractivity contribution in [1.82, 2.24) is 0 Å². The minimum absolute atomic E-state index is 0.107. The van der Waals surface area contributed by atoms with Gasteiger partial charge in [0.25, 0.3) is 0 Å². The van der Waals surface area contributed by atoms with Crippen molar-refractivity contribution in [2.75, 3.05) is 26.9 Å².